The fourth-order valence-electron chi connectivity index (χ4n) is 8.20. The average molecular weight is 659 g/mol. The first kappa shape index (κ1) is 31.1. The van der Waals surface area contributed by atoms with Crippen LogP contribution >= 0.6 is 11.6 Å². The van der Waals surface area contributed by atoms with Gasteiger partial charge in [0.25, 0.3) is 0 Å². The minimum atomic E-state index is -1.81. The molecule has 7 rings (SSSR count). The topological polar surface area (TPSA) is 145 Å². The number of imide groups is 2. The van der Waals surface area contributed by atoms with Crippen molar-refractivity contribution in [1.29, 1.82) is 0 Å². The summed E-state index contributed by atoms with van der Waals surface area (Å²) in [6, 6.07) is 14.1. The number of fused-ring (bicyclic) bond motifs is 4. The van der Waals surface area contributed by atoms with E-state index in [-0.39, 0.29) is 40.5 Å². The van der Waals surface area contributed by atoms with Crippen molar-refractivity contribution in [3.05, 3.63) is 88.7 Å². The van der Waals surface area contributed by atoms with E-state index in [1.807, 2.05) is 6.08 Å². The van der Waals surface area contributed by atoms with E-state index in [0.29, 0.717) is 16.9 Å². The molecule has 1 saturated carbocycles. The van der Waals surface area contributed by atoms with Crippen molar-refractivity contribution in [3.8, 4) is 11.5 Å². The molecule has 47 heavy (non-hydrogen) atoms. The van der Waals surface area contributed by atoms with Gasteiger partial charge in [-0.3, -0.25) is 24.1 Å². The normalized spacial score (nSPS) is 28.2. The fraction of sp³-hybridized carbons (Fsp3) is 0.294. The maximum atomic E-state index is 14.5. The summed E-state index contributed by atoms with van der Waals surface area (Å²) in [4.78, 5) is 58.9. The van der Waals surface area contributed by atoms with Gasteiger partial charge in [0.2, 0.25) is 23.6 Å². The number of carbonyl (C=O) groups excluding carboxylic acids is 4. The number of carbonyl (C=O) groups is 4. The third-order valence-electron chi connectivity index (χ3n) is 10.4. The summed E-state index contributed by atoms with van der Waals surface area (Å²) >= 11 is 6.05. The van der Waals surface area contributed by atoms with Crippen LogP contribution in [-0.2, 0) is 19.2 Å². The molecular weight excluding hydrogens is 630 g/mol. The number of hydrogen-bond donors (Lipinski definition) is 3. The van der Waals surface area contributed by atoms with Gasteiger partial charge in [0.05, 0.1) is 46.7 Å². The predicted octanol–water partition coefficient (Wildman–Crippen LogP) is 3.31. The molecule has 13 heteroatoms. The molecular formula is C34H29BClFN2O8. The lowest BCUT2D eigenvalue weighted by Crippen LogP contribution is -2.49. The molecule has 0 unspecified atom stereocenters. The molecule has 0 spiro atoms. The number of ether oxygens (including phenoxy) is 1. The van der Waals surface area contributed by atoms with E-state index < -0.39 is 71.6 Å². The number of phenolic OH excluding ortho intramolecular Hbond substituents is 1. The first-order chi connectivity index (χ1) is 22.4. The number of benzene rings is 3. The van der Waals surface area contributed by atoms with Gasteiger partial charge in [-0.05, 0) is 79.7 Å². The van der Waals surface area contributed by atoms with Gasteiger partial charge in [-0.1, -0.05) is 35.4 Å². The van der Waals surface area contributed by atoms with Gasteiger partial charge < -0.3 is 19.9 Å². The average Bonchev–Trinajstić information content (AvgIpc) is 3.42. The van der Waals surface area contributed by atoms with Gasteiger partial charge in [-0.15, -0.1) is 0 Å². The van der Waals surface area contributed by atoms with Crippen LogP contribution in [0.15, 0.2) is 72.3 Å². The van der Waals surface area contributed by atoms with Crippen LogP contribution in [0.5, 0.6) is 11.5 Å². The second-order valence-corrected chi connectivity index (χ2v) is 13.1. The molecule has 2 saturated heterocycles. The molecule has 0 radical (unpaired) electrons. The lowest BCUT2D eigenvalue weighted by atomic mass is 9.51. The van der Waals surface area contributed by atoms with Crippen LogP contribution in [0.25, 0.3) is 0 Å². The molecule has 0 aromatic heterocycles. The van der Waals surface area contributed by atoms with Gasteiger partial charge in [-0.25, -0.2) is 9.29 Å². The molecule has 2 aliphatic heterocycles. The first-order valence-corrected chi connectivity index (χ1v) is 15.5. The quantitative estimate of drug-likeness (QED) is 0.215. The van der Waals surface area contributed by atoms with E-state index in [1.54, 1.807) is 19.1 Å². The Kier molecular flexibility index (Phi) is 7.30. The Bertz CT molecular complexity index is 1920. The van der Waals surface area contributed by atoms with Gasteiger partial charge >= 0.3 is 7.12 Å². The molecule has 0 bridgehead atoms. The number of anilines is 2. The third-order valence-corrected chi connectivity index (χ3v) is 10.7. The van der Waals surface area contributed by atoms with Crippen LogP contribution in [0.3, 0.4) is 0 Å². The van der Waals surface area contributed by atoms with E-state index in [4.69, 9.17) is 16.3 Å². The molecule has 4 amide bonds. The summed E-state index contributed by atoms with van der Waals surface area (Å²) in [5.74, 6) is -6.74. The Hall–Kier alpha value is -4.52. The van der Waals surface area contributed by atoms with Gasteiger partial charge in [0, 0.05) is 11.5 Å². The molecule has 4 aliphatic rings. The van der Waals surface area contributed by atoms with Gasteiger partial charge in [0.15, 0.2) is 0 Å². The summed E-state index contributed by atoms with van der Waals surface area (Å²) in [7, 11) is -0.350. The Labute approximate surface area is 274 Å². The number of phenols is 1. The third kappa shape index (κ3) is 4.46. The molecule has 6 atom stereocenters. The van der Waals surface area contributed by atoms with Crippen LogP contribution in [0, 0.1) is 34.9 Å². The second kappa shape index (κ2) is 11.0. The van der Waals surface area contributed by atoms with Crippen LogP contribution in [0.4, 0.5) is 15.8 Å². The number of hydrogen-bond acceptors (Lipinski definition) is 8. The maximum absolute atomic E-state index is 14.5. The highest BCUT2D eigenvalue weighted by Crippen LogP contribution is 2.64. The minimum Gasteiger partial charge on any atom is -0.508 e. The fourth-order valence-corrected chi connectivity index (χ4v) is 8.37. The van der Waals surface area contributed by atoms with Crippen LogP contribution < -0.4 is 20.0 Å². The van der Waals surface area contributed by atoms with Crippen molar-refractivity contribution in [3.63, 3.8) is 0 Å². The first-order valence-electron chi connectivity index (χ1n) is 15.1. The standard InChI is InChI=1S/C34H29BClFN2O8/c1-34-24(31(42)39(33(34)44)18-6-10-26(37)25(36)13-18)15-22-20(29(34)23-14-19(47-2)7-11-27(23)40)8-9-21-28(22)32(43)38(30(21)41)17-5-3-4-16(12-17)35(45)46/h3-8,10-14,21-22,24,28-29,40,45-46H,9,15H2,1-2H3/t21-,22+,24-,28-,29+,34+/m0/s1. The van der Waals surface area contributed by atoms with Crippen molar-refractivity contribution in [1.82, 2.24) is 0 Å². The zero-order valence-corrected chi connectivity index (χ0v) is 26.0. The molecule has 2 heterocycles. The van der Waals surface area contributed by atoms with E-state index >= 15 is 0 Å². The smallest absolute Gasteiger partial charge is 0.488 e. The molecule has 3 aromatic carbocycles. The zero-order chi connectivity index (χ0) is 33.5. The summed E-state index contributed by atoms with van der Waals surface area (Å²) in [5, 5.41) is 30.4. The number of aromatic hydroxyl groups is 1. The Morgan fingerprint density at radius 3 is 2.38 bits per heavy atom. The number of nitrogens with zero attached hydrogens (tertiary/aromatic N) is 2. The summed E-state index contributed by atoms with van der Waals surface area (Å²) in [6.45, 7) is 1.66. The monoisotopic (exact) mass is 658 g/mol. The van der Waals surface area contributed by atoms with Crippen molar-refractivity contribution < 1.29 is 43.5 Å². The largest absolute Gasteiger partial charge is 0.508 e. The maximum Gasteiger partial charge on any atom is 0.488 e. The summed E-state index contributed by atoms with van der Waals surface area (Å²) < 4.78 is 19.6. The van der Waals surface area contributed by atoms with Crippen LogP contribution in [0.1, 0.15) is 31.2 Å². The number of methoxy groups -OCH3 is 1. The van der Waals surface area contributed by atoms with E-state index in [9.17, 15) is 38.7 Å². The van der Waals surface area contributed by atoms with Gasteiger partial charge in [0.1, 0.15) is 17.3 Å². The molecule has 2 aliphatic carbocycles. The Morgan fingerprint density at radius 1 is 0.936 bits per heavy atom. The molecule has 3 aromatic rings. The van der Waals surface area contributed by atoms with Crippen molar-refractivity contribution in [2.24, 2.45) is 29.1 Å². The summed E-state index contributed by atoms with van der Waals surface area (Å²) in [6.07, 6.45) is 2.07. The number of amides is 4. The Morgan fingerprint density at radius 2 is 1.68 bits per heavy atom. The van der Waals surface area contributed by atoms with E-state index in [1.165, 1.54) is 49.6 Å². The Balaban J connectivity index is 1.37. The zero-order valence-electron chi connectivity index (χ0n) is 25.3. The van der Waals surface area contributed by atoms with E-state index in [0.717, 1.165) is 15.9 Å². The predicted molar refractivity (Wildman–Crippen MR) is 169 cm³/mol. The van der Waals surface area contributed by atoms with Crippen molar-refractivity contribution in [2.75, 3.05) is 16.9 Å². The lowest BCUT2D eigenvalue weighted by Gasteiger charge is -2.49. The number of rotatable bonds is 5. The summed E-state index contributed by atoms with van der Waals surface area (Å²) in [5.41, 5.74) is -0.0884. The van der Waals surface area contributed by atoms with Crippen LogP contribution in [0.2, 0.25) is 5.02 Å². The van der Waals surface area contributed by atoms with Crippen LogP contribution in [-0.4, -0.2) is 53.0 Å². The number of allylic oxidation sites excluding steroid dienone is 2. The van der Waals surface area contributed by atoms with E-state index in [2.05, 4.69) is 0 Å². The SMILES string of the molecule is COc1ccc(O)c([C@H]2C3=CC[C@@H]4C(=O)N(c5cccc(B(O)O)c5)C(=O)[C@@H]4[C@@H]3C[C@H]3C(=O)N(c4ccc(F)c(Cl)c4)C(=O)[C@@]23C)c1. The van der Waals surface area contributed by atoms with Crippen molar-refractivity contribution >= 4 is 59.2 Å². The molecule has 3 fully saturated rings. The number of halogens is 2. The molecule has 240 valence electrons. The second-order valence-electron chi connectivity index (χ2n) is 12.7. The highest BCUT2D eigenvalue weighted by molar-refractivity contribution is 6.58. The van der Waals surface area contributed by atoms with Crippen molar-refractivity contribution in [2.45, 2.75) is 25.7 Å². The molecule has 10 nitrogen and oxygen atoms in total. The highest BCUT2D eigenvalue weighted by atomic mass is 35.5. The lowest BCUT2D eigenvalue weighted by molar-refractivity contribution is -0.131. The minimum absolute atomic E-state index is 0.0585. The van der Waals surface area contributed by atoms with Gasteiger partial charge in [-0.2, -0.15) is 0 Å². The molecule has 3 N–H and O–H groups in total. The highest BCUT2D eigenvalue weighted by Gasteiger charge is 2.68.